The van der Waals surface area contributed by atoms with E-state index in [4.69, 9.17) is 9.47 Å². The van der Waals surface area contributed by atoms with Gasteiger partial charge in [-0.15, -0.1) is 0 Å². The number of nitrogens with zero attached hydrogens (tertiary/aromatic N) is 2. The molecule has 8 nitrogen and oxygen atoms in total. The number of aromatic hydroxyl groups is 1. The number of nitrogens with one attached hydrogen (secondary N) is 1. The van der Waals surface area contributed by atoms with Gasteiger partial charge in [0.15, 0.2) is 17.1 Å². The second-order valence-corrected chi connectivity index (χ2v) is 4.71. The Morgan fingerprint density at radius 2 is 2.09 bits per heavy atom. The van der Waals surface area contributed by atoms with Crippen LogP contribution in [0.5, 0.6) is 11.5 Å². The Bertz CT molecular complexity index is 980. The Labute approximate surface area is 129 Å². The first kappa shape index (κ1) is 14.8. The number of carbonyl (C=O) groups excluding carboxylic acids is 1. The number of esters is 1. The summed E-state index contributed by atoms with van der Waals surface area (Å²) >= 11 is 0. The zero-order valence-electron chi connectivity index (χ0n) is 12.4. The fourth-order valence-corrected chi connectivity index (χ4v) is 2.20. The fraction of sp³-hybridized carbons (Fsp3) is 0.200. The van der Waals surface area contributed by atoms with Crippen molar-refractivity contribution in [3.05, 3.63) is 34.4 Å². The normalized spacial score (nSPS) is 10.9. The van der Waals surface area contributed by atoms with Gasteiger partial charge in [-0.2, -0.15) is 0 Å². The number of hydrogen-bond donors (Lipinski definition) is 2. The maximum atomic E-state index is 12.1. The van der Waals surface area contributed by atoms with Crippen LogP contribution in [0.25, 0.3) is 21.9 Å². The number of hydrogen-bond acceptors (Lipinski definition) is 7. The van der Waals surface area contributed by atoms with E-state index in [9.17, 15) is 14.7 Å². The molecule has 2 N–H and O–H groups in total. The van der Waals surface area contributed by atoms with Crippen LogP contribution in [0.2, 0.25) is 0 Å². The second kappa shape index (κ2) is 5.56. The van der Waals surface area contributed by atoms with Gasteiger partial charge >= 0.3 is 5.97 Å². The SMILES string of the molecule is CCOC(=O)c1nc2nc3cc(OC)c(O)cc3cc2c(=O)[nH]1. The van der Waals surface area contributed by atoms with Gasteiger partial charge in [-0.05, 0) is 19.1 Å². The molecule has 2 aromatic heterocycles. The van der Waals surface area contributed by atoms with Crippen molar-refractivity contribution in [2.75, 3.05) is 13.7 Å². The number of benzene rings is 1. The molecule has 118 valence electrons. The number of fused-ring (bicyclic) bond motifs is 2. The summed E-state index contributed by atoms with van der Waals surface area (Å²) in [6.45, 7) is 1.82. The first-order chi connectivity index (χ1) is 11.0. The maximum Gasteiger partial charge on any atom is 0.374 e. The van der Waals surface area contributed by atoms with Crippen molar-refractivity contribution in [3.63, 3.8) is 0 Å². The lowest BCUT2D eigenvalue weighted by Crippen LogP contribution is -2.18. The Hall–Kier alpha value is -3.16. The van der Waals surface area contributed by atoms with Gasteiger partial charge in [-0.3, -0.25) is 4.79 Å². The van der Waals surface area contributed by atoms with E-state index in [0.717, 1.165) is 0 Å². The molecule has 0 aliphatic rings. The molecule has 8 heteroatoms. The number of H-pyrrole nitrogens is 1. The largest absolute Gasteiger partial charge is 0.504 e. The lowest BCUT2D eigenvalue weighted by atomic mass is 10.1. The van der Waals surface area contributed by atoms with Crippen LogP contribution in [-0.2, 0) is 4.74 Å². The zero-order valence-corrected chi connectivity index (χ0v) is 12.4. The first-order valence-electron chi connectivity index (χ1n) is 6.82. The zero-order chi connectivity index (χ0) is 16.6. The van der Waals surface area contributed by atoms with Crippen molar-refractivity contribution in [1.29, 1.82) is 0 Å². The van der Waals surface area contributed by atoms with E-state index >= 15 is 0 Å². The highest BCUT2D eigenvalue weighted by atomic mass is 16.5. The van der Waals surface area contributed by atoms with E-state index in [1.165, 1.54) is 25.3 Å². The van der Waals surface area contributed by atoms with E-state index in [-0.39, 0.29) is 35.0 Å². The highest BCUT2D eigenvalue weighted by Crippen LogP contribution is 2.31. The van der Waals surface area contributed by atoms with Gasteiger partial charge in [0.25, 0.3) is 5.56 Å². The van der Waals surface area contributed by atoms with Crippen LogP contribution < -0.4 is 10.3 Å². The number of phenols is 1. The molecule has 0 amide bonds. The van der Waals surface area contributed by atoms with Gasteiger partial charge in [0.1, 0.15) is 0 Å². The molecule has 0 unspecified atom stereocenters. The third kappa shape index (κ3) is 2.54. The molecule has 0 spiro atoms. The number of rotatable bonds is 3. The summed E-state index contributed by atoms with van der Waals surface area (Å²) in [6, 6.07) is 4.51. The lowest BCUT2D eigenvalue weighted by molar-refractivity contribution is 0.0512. The second-order valence-electron chi connectivity index (χ2n) is 4.71. The molecule has 0 aliphatic heterocycles. The van der Waals surface area contributed by atoms with E-state index in [2.05, 4.69) is 15.0 Å². The average Bonchev–Trinajstić information content (AvgIpc) is 2.53. The summed E-state index contributed by atoms with van der Waals surface area (Å²) in [7, 11) is 1.42. The minimum absolute atomic E-state index is 0.0614. The predicted molar refractivity (Wildman–Crippen MR) is 81.8 cm³/mol. The minimum Gasteiger partial charge on any atom is -0.504 e. The van der Waals surface area contributed by atoms with E-state index < -0.39 is 11.5 Å². The molecular weight excluding hydrogens is 302 g/mol. The van der Waals surface area contributed by atoms with E-state index in [1.807, 2.05) is 0 Å². The highest BCUT2D eigenvalue weighted by molar-refractivity contribution is 5.94. The molecule has 0 fully saturated rings. The van der Waals surface area contributed by atoms with Crippen molar-refractivity contribution in [1.82, 2.24) is 15.0 Å². The van der Waals surface area contributed by atoms with Gasteiger partial charge in [0, 0.05) is 11.5 Å². The summed E-state index contributed by atoms with van der Waals surface area (Å²) in [5.41, 5.74) is 0.0693. The van der Waals surface area contributed by atoms with Crippen LogP contribution in [0, 0.1) is 0 Å². The first-order valence-corrected chi connectivity index (χ1v) is 6.82. The molecule has 3 rings (SSSR count). The van der Waals surface area contributed by atoms with Gasteiger partial charge in [-0.1, -0.05) is 0 Å². The van der Waals surface area contributed by atoms with Crippen molar-refractivity contribution in [2.24, 2.45) is 0 Å². The third-order valence-corrected chi connectivity index (χ3v) is 3.26. The van der Waals surface area contributed by atoms with E-state index in [1.54, 1.807) is 6.92 Å². The smallest absolute Gasteiger partial charge is 0.374 e. The number of methoxy groups -OCH3 is 1. The Kier molecular flexibility index (Phi) is 3.57. The molecule has 0 saturated carbocycles. The minimum atomic E-state index is -0.725. The summed E-state index contributed by atoms with van der Waals surface area (Å²) in [4.78, 5) is 34.5. The number of phenolic OH excluding ortho intramolecular Hbond substituents is 1. The lowest BCUT2D eigenvalue weighted by Gasteiger charge is -2.07. The van der Waals surface area contributed by atoms with Crippen LogP contribution in [0.15, 0.2) is 23.0 Å². The average molecular weight is 315 g/mol. The molecule has 2 heterocycles. The van der Waals surface area contributed by atoms with Crippen LogP contribution in [0.3, 0.4) is 0 Å². The molecule has 1 aromatic carbocycles. The summed E-state index contributed by atoms with van der Waals surface area (Å²) in [6.07, 6.45) is 0. The number of aromatic nitrogens is 3. The van der Waals surface area contributed by atoms with Gasteiger partial charge in [0.05, 0.1) is 24.6 Å². The van der Waals surface area contributed by atoms with Crippen LogP contribution in [0.1, 0.15) is 17.5 Å². The number of carbonyl (C=O) groups is 1. The van der Waals surface area contributed by atoms with Crippen molar-refractivity contribution < 1.29 is 19.4 Å². The van der Waals surface area contributed by atoms with Gasteiger partial charge < -0.3 is 19.6 Å². The molecule has 0 bridgehead atoms. The van der Waals surface area contributed by atoms with Crippen LogP contribution in [0.4, 0.5) is 0 Å². The summed E-state index contributed by atoms with van der Waals surface area (Å²) in [5.74, 6) is -0.743. The standard InChI is InChI=1S/C15H13N3O5/c1-3-23-15(21)13-17-12-8(14(20)18-13)4-7-5-10(19)11(22-2)6-9(7)16-12/h4-6,19H,3H2,1-2H3,(H,16,17,18,20). The maximum absolute atomic E-state index is 12.1. The molecule has 0 atom stereocenters. The summed E-state index contributed by atoms with van der Waals surface area (Å²) < 4.78 is 9.85. The molecular formula is C15H13N3O5. The third-order valence-electron chi connectivity index (χ3n) is 3.26. The predicted octanol–water partition coefficient (Wildman–Crippen LogP) is 1.36. The summed E-state index contributed by atoms with van der Waals surface area (Å²) in [5, 5.41) is 10.6. The van der Waals surface area contributed by atoms with Gasteiger partial charge in [0.2, 0.25) is 5.82 Å². The monoisotopic (exact) mass is 315 g/mol. The molecule has 0 saturated heterocycles. The van der Waals surface area contributed by atoms with Crippen LogP contribution in [-0.4, -0.2) is 39.7 Å². The van der Waals surface area contributed by atoms with Crippen molar-refractivity contribution >= 4 is 27.9 Å². The molecule has 23 heavy (non-hydrogen) atoms. The fourth-order valence-electron chi connectivity index (χ4n) is 2.20. The van der Waals surface area contributed by atoms with Crippen molar-refractivity contribution in [3.8, 4) is 11.5 Å². The quantitative estimate of drug-likeness (QED) is 0.554. The number of pyridine rings is 1. The number of ether oxygens (including phenoxy) is 2. The Morgan fingerprint density at radius 1 is 1.30 bits per heavy atom. The molecule has 3 aromatic rings. The van der Waals surface area contributed by atoms with Crippen LogP contribution >= 0.6 is 0 Å². The Balaban J connectivity index is 2.27. The van der Waals surface area contributed by atoms with E-state index in [0.29, 0.717) is 10.9 Å². The van der Waals surface area contributed by atoms with Crippen molar-refractivity contribution in [2.45, 2.75) is 6.92 Å². The number of aromatic amines is 1. The van der Waals surface area contributed by atoms with Gasteiger partial charge in [-0.25, -0.2) is 14.8 Å². The topological polar surface area (TPSA) is 114 Å². The highest BCUT2D eigenvalue weighted by Gasteiger charge is 2.14. The molecule has 0 radical (unpaired) electrons. The molecule has 0 aliphatic carbocycles. The Morgan fingerprint density at radius 3 is 2.78 bits per heavy atom.